The topological polar surface area (TPSA) is 109 Å². The Morgan fingerprint density at radius 3 is 2.24 bits per heavy atom. The summed E-state index contributed by atoms with van der Waals surface area (Å²) in [4.78, 5) is 44.6. The number of likely N-dealkylation sites (tertiary alicyclic amines) is 1. The number of nitrogens with zero attached hydrogens (tertiary/aromatic N) is 4. The molecule has 41 heavy (non-hydrogen) atoms. The van der Waals surface area contributed by atoms with E-state index in [1.807, 2.05) is 53.4 Å². The van der Waals surface area contributed by atoms with E-state index in [2.05, 4.69) is 20.7 Å². The summed E-state index contributed by atoms with van der Waals surface area (Å²) in [7, 11) is 0. The zero-order valence-corrected chi connectivity index (χ0v) is 23.9. The molecule has 1 saturated heterocycles. The molecule has 0 spiro atoms. The van der Waals surface area contributed by atoms with Crippen LogP contribution in [0.15, 0.2) is 71.8 Å². The molecule has 1 aliphatic rings. The number of nitrogens with one attached hydrogen (secondary N) is 2. The number of anilines is 2. The Labute approximate surface area is 247 Å². The molecule has 2 N–H and O–H groups in total. The SMILES string of the molecule is CCn1nc(-c2cccc(-c3cccc(C(=O)N4CCCCC4)c3)c2)cc(NC(=O)Nc2c(Cl)cncc2Cl)c1=O. The first kappa shape index (κ1) is 28.3. The Hall–Kier alpha value is -4.21. The van der Waals surface area contributed by atoms with Crippen molar-refractivity contribution in [2.24, 2.45) is 0 Å². The van der Waals surface area contributed by atoms with Crippen LogP contribution in [0, 0.1) is 0 Å². The minimum absolute atomic E-state index is 0.0372. The molecule has 0 atom stereocenters. The number of pyridine rings is 1. The largest absolute Gasteiger partial charge is 0.339 e. The van der Waals surface area contributed by atoms with Gasteiger partial charge in [-0.25, -0.2) is 9.48 Å². The molecule has 2 aromatic heterocycles. The molecule has 5 rings (SSSR count). The first-order valence-electron chi connectivity index (χ1n) is 13.3. The van der Waals surface area contributed by atoms with E-state index in [-0.39, 0.29) is 27.3 Å². The molecule has 9 nitrogen and oxygen atoms in total. The smallest absolute Gasteiger partial charge is 0.323 e. The van der Waals surface area contributed by atoms with Crippen molar-refractivity contribution in [1.29, 1.82) is 0 Å². The molecular weight excluding hydrogens is 563 g/mol. The highest BCUT2D eigenvalue weighted by Crippen LogP contribution is 2.29. The van der Waals surface area contributed by atoms with E-state index in [4.69, 9.17) is 23.2 Å². The second kappa shape index (κ2) is 12.5. The van der Waals surface area contributed by atoms with Crippen LogP contribution >= 0.6 is 23.2 Å². The van der Waals surface area contributed by atoms with Crippen LogP contribution < -0.4 is 16.2 Å². The first-order valence-corrected chi connectivity index (χ1v) is 14.1. The van der Waals surface area contributed by atoms with Gasteiger partial charge in [0.15, 0.2) is 0 Å². The Morgan fingerprint density at radius 1 is 0.878 bits per heavy atom. The lowest BCUT2D eigenvalue weighted by molar-refractivity contribution is 0.0724. The van der Waals surface area contributed by atoms with Crippen LogP contribution in [-0.4, -0.2) is 44.7 Å². The number of piperidine rings is 1. The van der Waals surface area contributed by atoms with Gasteiger partial charge in [0.25, 0.3) is 11.5 Å². The highest BCUT2D eigenvalue weighted by Gasteiger charge is 2.19. The highest BCUT2D eigenvalue weighted by molar-refractivity contribution is 6.39. The third-order valence-electron chi connectivity index (χ3n) is 6.86. The molecule has 1 fully saturated rings. The maximum absolute atomic E-state index is 13.1. The van der Waals surface area contributed by atoms with Gasteiger partial charge in [0.1, 0.15) is 5.69 Å². The summed E-state index contributed by atoms with van der Waals surface area (Å²) in [5.74, 6) is 0.0442. The maximum atomic E-state index is 13.1. The van der Waals surface area contributed by atoms with Crippen molar-refractivity contribution in [3.63, 3.8) is 0 Å². The molecule has 0 aliphatic carbocycles. The molecule has 0 saturated carbocycles. The minimum atomic E-state index is -0.694. The summed E-state index contributed by atoms with van der Waals surface area (Å²) in [6.07, 6.45) is 5.92. The van der Waals surface area contributed by atoms with Gasteiger partial charge in [0.2, 0.25) is 0 Å². The summed E-state index contributed by atoms with van der Waals surface area (Å²) < 4.78 is 1.28. The molecule has 3 heterocycles. The molecule has 0 unspecified atom stereocenters. The molecule has 2 aromatic carbocycles. The quantitative estimate of drug-likeness (QED) is 0.264. The second-order valence-corrected chi connectivity index (χ2v) is 10.5. The van der Waals surface area contributed by atoms with Gasteiger partial charge in [0, 0.05) is 43.2 Å². The van der Waals surface area contributed by atoms with Crippen LogP contribution in [0.4, 0.5) is 16.2 Å². The average molecular weight is 591 g/mol. The van der Waals surface area contributed by atoms with Crippen LogP contribution in [0.2, 0.25) is 10.0 Å². The van der Waals surface area contributed by atoms with Gasteiger partial charge in [-0.1, -0.05) is 53.5 Å². The average Bonchev–Trinajstić information content (AvgIpc) is 3.00. The maximum Gasteiger partial charge on any atom is 0.323 e. The van der Waals surface area contributed by atoms with Gasteiger partial charge in [-0.2, -0.15) is 5.10 Å². The summed E-state index contributed by atoms with van der Waals surface area (Å²) in [6, 6.07) is 16.1. The summed E-state index contributed by atoms with van der Waals surface area (Å²) in [6.45, 7) is 3.66. The van der Waals surface area contributed by atoms with Crippen LogP contribution in [0.1, 0.15) is 36.5 Å². The van der Waals surface area contributed by atoms with Crippen molar-refractivity contribution in [3.05, 3.63) is 93.0 Å². The molecule has 210 valence electrons. The van der Waals surface area contributed by atoms with Gasteiger partial charge in [-0.3, -0.25) is 14.6 Å². The minimum Gasteiger partial charge on any atom is -0.339 e. The number of hydrogen-bond donors (Lipinski definition) is 2. The number of aromatic nitrogens is 3. The zero-order valence-electron chi connectivity index (χ0n) is 22.4. The molecular formula is C30H28Cl2N6O3. The van der Waals surface area contributed by atoms with Crippen molar-refractivity contribution in [2.75, 3.05) is 23.7 Å². The van der Waals surface area contributed by atoms with Crippen LogP contribution in [0.25, 0.3) is 22.4 Å². The number of benzene rings is 2. The Morgan fingerprint density at radius 2 is 1.54 bits per heavy atom. The number of rotatable bonds is 6. The summed E-state index contributed by atoms with van der Waals surface area (Å²) in [5.41, 5.74) is 3.42. The molecule has 4 aromatic rings. The lowest BCUT2D eigenvalue weighted by atomic mass is 9.99. The number of halogens is 2. The molecule has 0 bridgehead atoms. The van der Waals surface area contributed by atoms with Crippen LogP contribution in [-0.2, 0) is 6.54 Å². The van der Waals surface area contributed by atoms with Crippen molar-refractivity contribution >= 4 is 46.5 Å². The predicted molar refractivity (Wildman–Crippen MR) is 162 cm³/mol. The molecule has 3 amide bonds. The molecule has 1 aliphatic heterocycles. The Kier molecular flexibility index (Phi) is 8.66. The van der Waals surface area contributed by atoms with E-state index in [0.717, 1.165) is 49.0 Å². The third-order valence-corrected chi connectivity index (χ3v) is 7.43. The van der Waals surface area contributed by atoms with Crippen molar-refractivity contribution in [3.8, 4) is 22.4 Å². The van der Waals surface area contributed by atoms with Crippen molar-refractivity contribution < 1.29 is 9.59 Å². The number of carbonyl (C=O) groups is 2. The van der Waals surface area contributed by atoms with Gasteiger partial charge >= 0.3 is 6.03 Å². The lowest BCUT2D eigenvalue weighted by Gasteiger charge is -2.26. The monoisotopic (exact) mass is 590 g/mol. The fourth-order valence-electron chi connectivity index (χ4n) is 4.75. The number of urea groups is 1. The van der Waals surface area contributed by atoms with E-state index < -0.39 is 11.6 Å². The van der Waals surface area contributed by atoms with Gasteiger partial charge in [-0.05, 0) is 61.6 Å². The van der Waals surface area contributed by atoms with Gasteiger partial charge in [0.05, 0.1) is 21.4 Å². The lowest BCUT2D eigenvalue weighted by Crippen LogP contribution is -2.35. The predicted octanol–water partition coefficient (Wildman–Crippen LogP) is 6.57. The summed E-state index contributed by atoms with van der Waals surface area (Å²) in [5, 5.41) is 9.98. The number of carbonyl (C=O) groups excluding carboxylic acids is 2. The molecule has 11 heteroatoms. The highest BCUT2D eigenvalue weighted by atomic mass is 35.5. The van der Waals surface area contributed by atoms with Gasteiger partial charge in [-0.15, -0.1) is 0 Å². The fraction of sp³-hybridized carbons (Fsp3) is 0.233. The van der Waals surface area contributed by atoms with Crippen molar-refractivity contribution in [1.82, 2.24) is 19.7 Å². The Bertz CT molecular complexity index is 1650. The zero-order chi connectivity index (χ0) is 28.9. The van der Waals surface area contributed by atoms with Crippen molar-refractivity contribution in [2.45, 2.75) is 32.7 Å². The van der Waals surface area contributed by atoms with Crippen LogP contribution in [0.5, 0.6) is 0 Å². The normalized spacial score (nSPS) is 13.1. The van der Waals surface area contributed by atoms with E-state index >= 15 is 0 Å². The van der Waals surface area contributed by atoms with E-state index in [9.17, 15) is 14.4 Å². The fourth-order valence-corrected chi connectivity index (χ4v) is 5.21. The number of aryl methyl sites for hydroxylation is 1. The van der Waals surface area contributed by atoms with Gasteiger partial charge < -0.3 is 15.5 Å². The summed E-state index contributed by atoms with van der Waals surface area (Å²) >= 11 is 12.2. The first-order chi connectivity index (χ1) is 19.8. The van der Waals surface area contributed by atoms with E-state index in [1.165, 1.54) is 23.1 Å². The third kappa shape index (κ3) is 6.42. The van der Waals surface area contributed by atoms with Crippen LogP contribution in [0.3, 0.4) is 0 Å². The standard InChI is InChI=1S/C30H28Cl2N6O3/c1-2-38-29(40)26(34-30(41)35-27-23(31)17-33-18-24(27)32)16-25(36-38)21-10-6-8-19(14-21)20-9-7-11-22(15-20)28(39)37-12-4-3-5-13-37/h6-11,14-18H,2-5,12-13H2,1H3,(H2,33,34,35,41). The second-order valence-electron chi connectivity index (χ2n) is 9.64. The Balaban J connectivity index is 1.43. The van der Waals surface area contributed by atoms with E-state index in [0.29, 0.717) is 17.8 Å². The number of amides is 3. The molecule has 0 radical (unpaired) electrons. The number of hydrogen-bond acceptors (Lipinski definition) is 5. The van der Waals surface area contributed by atoms with E-state index in [1.54, 1.807) is 6.92 Å².